The molecule has 1 spiro atoms. The Bertz CT molecular complexity index is 308. The van der Waals surface area contributed by atoms with Crippen molar-refractivity contribution in [2.45, 2.75) is 44.7 Å². The number of nitrogens with one attached hydrogen (secondary N) is 2. The van der Waals surface area contributed by atoms with E-state index in [1.807, 2.05) is 20.8 Å². The summed E-state index contributed by atoms with van der Waals surface area (Å²) < 4.78 is 16.7. The van der Waals surface area contributed by atoms with Gasteiger partial charge >= 0.3 is 6.09 Å². The van der Waals surface area contributed by atoms with E-state index in [0.717, 1.165) is 19.5 Å². The van der Waals surface area contributed by atoms with Crippen molar-refractivity contribution in [2.75, 3.05) is 26.2 Å². The van der Waals surface area contributed by atoms with E-state index in [9.17, 15) is 4.79 Å². The molecule has 104 valence electrons. The number of rotatable bonds is 2. The Morgan fingerprint density at radius 3 is 2.94 bits per heavy atom. The van der Waals surface area contributed by atoms with Gasteiger partial charge in [0.25, 0.3) is 0 Å². The quantitative estimate of drug-likeness (QED) is 0.760. The summed E-state index contributed by atoms with van der Waals surface area (Å²) in [5.41, 5.74) is -0.478. The Balaban J connectivity index is 1.70. The minimum Gasteiger partial charge on any atom is -0.444 e. The van der Waals surface area contributed by atoms with Gasteiger partial charge in [0.1, 0.15) is 11.7 Å². The first-order valence-corrected chi connectivity index (χ1v) is 6.38. The largest absolute Gasteiger partial charge is 0.444 e. The molecule has 2 unspecified atom stereocenters. The number of amides is 1. The lowest BCUT2D eigenvalue weighted by atomic mass is 10.2. The average Bonchev–Trinajstić information content (AvgIpc) is 2.85. The molecule has 0 saturated carbocycles. The molecular weight excluding hydrogens is 236 g/mol. The van der Waals surface area contributed by atoms with E-state index >= 15 is 0 Å². The third-order valence-corrected chi connectivity index (χ3v) is 2.86. The molecule has 0 aromatic heterocycles. The Morgan fingerprint density at radius 2 is 2.33 bits per heavy atom. The molecule has 2 aliphatic heterocycles. The molecule has 2 heterocycles. The first kappa shape index (κ1) is 13.6. The van der Waals surface area contributed by atoms with Crippen LogP contribution in [0, 0.1) is 0 Å². The maximum atomic E-state index is 11.5. The summed E-state index contributed by atoms with van der Waals surface area (Å²) >= 11 is 0. The van der Waals surface area contributed by atoms with E-state index in [1.54, 1.807) is 0 Å². The number of carbonyl (C=O) groups is 1. The van der Waals surface area contributed by atoms with Crippen LogP contribution in [-0.4, -0.2) is 49.8 Å². The lowest BCUT2D eigenvalue weighted by molar-refractivity contribution is -0.150. The van der Waals surface area contributed by atoms with E-state index in [4.69, 9.17) is 14.2 Å². The van der Waals surface area contributed by atoms with Crippen molar-refractivity contribution < 1.29 is 19.0 Å². The first-order chi connectivity index (χ1) is 8.39. The fourth-order valence-electron chi connectivity index (χ4n) is 2.10. The Kier molecular flexibility index (Phi) is 3.79. The summed E-state index contributed by atoms with van der Waals surface area (Å²) in [4.78, 5) is 11.5. The molecule has 2 saturated heterocycles. The van der Waals surface area contributed by atoms with Crippen molar-refractivity contribution >= 4 is 6.09 Å². The predicted octanol–water partition coefficient (Wildman–Crippen LogP) is 0.616. The summed E-state index contributed by atoms with van der Waals surface area (Å²) in [5.74, 6) is -0.472. The smallest absolute Gasteiger partial charge is 0.407 e. The number of alkyl carbamates (subject to hydrolysis) is 1. The second-order valence-corrected chi connectivity index (χ2v) is 5.77. The lowest BCUT2D eigenvalue weighted by Gasteiger charge is -2.22. The highest BCUT2D eigenvalue weighted by Gasteiger charge is 2.43. The molecule has 0 radical (unpaired) electrons. The third-order valence-electron chi connectivity index (χ3n) is 2.86. The molecular formula is C12H22N2O4. The second kappa shape index (κ2) is 5.03. The number of hydrogen-bond acceptors (Lipinski definition) is 5. The Hall–Kier alpha value is -0.850. The summed E-state index contributed by atoms with van der Waals surface area (Å²) in [6.07, 6.45) is 0.338. The van der Waals surface area contributed by atoms with Crippen LogP contribution in [0.25, 0.3) is 0 Å². The number of hydrogen-bond donors (Lipinski definition) is 2. The molecule has 0 aromatic carbocycles. The van der Waals surface area contributed by atoms with E-state index in [1.165, 1.54) is 0 Å². The van der Waals surface area contributed by atoms with Crippen LogP contribution in [0.3, 0.4) is 0 Å². The molecule has 2 atom stereocenters. The maximum absolute atomic E-state index is 11.5. The SMILES string of the molecule is CC(C)(C)OC(=O)NCC1COC2(CCNC2)O1. The summed E-state index contributed by atoms with van der Waals surface area (Å²) in [6, 6.07) is 0. The summed E-state index contributed by atoms with van der Waals surface area (Å²) in [6.45, 7) is 8.05. The lowest BCUT2D eigenvalue weighted by Crippen LogP contribution is -2.39. The van der Waals surface area contributed by atoms with Gasteiger partial charge in [0, 0.05) is 26.1 Å². The van der Waals surface area contributed by atoms with Gasteiger partial charge in [-0.15, -0.1) is 0 Å². The van der Waals surface area contributed by atoms with E-state index in [2.05, 4.69) is 10.6 Å². The van der Waals surface area contributed by atoms with Crippen LogP contribution in [0.2, 0.25) is 0 Å². The van der Waals surface area contributed by atoms with Gasteiger partial charge < -0.3 is 24.8 Å². The second-order valence-electron chi connectivity index (χ2n) is 5.77. The van der Waals surface area contributed by atoms with Gasteiger partial charge in [0.15, 0.2) is 5.79 Å². The molecule has 0 bridgehead atoms. The third kappa shape index (κ3) is 3.57. The van der Waals surface area contributed by atoms with Gasteiger partial charge in [-0.05, 0) is 20.8 Å². The van der Waals surface area contributed by atoms with Crippen LogP contribution in [-0.2, 0) is 14.2 Å². The highest BCUT2D eigenvalue weighted by Crippen LogP contribution is 2.29. The standard InChI is InChI=1S/C12H22N2O4/c1-11(2,3)18-10(15)14-6-9-7-16-12(17-9)4-5-13-8-12/h9,13H,4-8H2,1-3H3,(H,14,15). The van der Waals surface area contributed by atoms with Crippen molar-refractivity contribution in [2.24, 2.45) is 0 Å². The summed E-state index contributed by atoms with van der Waals surface area (Å²) in [5, 5.41) is 5.91. The van der Waals surface area contributed by atoms with Gasteiger partial charge in [0.2, 0.25) is 0 Å². The zero-order chi connectivity index (χ0) is 13.2. The normalized spacial score (nSPS) is 31.8. The number of ether oxygens (including phenoxy) is 3. The topological polar surface area (TPSA) is 68.8 Å². The molecule has 2 rings (SSSR count). The zero-order valence-electron chi connectivity index (χ0n) is 11.2. The Morgan fingerprint density at radius 1 is 1.56 bits per heavy atom. The van der Waals surface area contributed by atoms with Gasteiger partial charge in [-0.2, -0.15) is 0 Å². The van der Waals surface area contributed by atoms with Crippen molar-refractivity contribution in [3.05, 3.63) is 0 Å². The maximum Gasteiger partial charge on any atom is 0.407 e. The van der Waals surface area contributed by atoms with Gasteiger partial charge in [0.05, 0.1) is 6.61 Å². The molecule has 0 aromatic rings. The summed E-state index contributed by atoms with van der Waals surface area (Å²) in [7, 11) is 0. The van der Waals surface area contributed by atoms with E-state index in [-0.39, 0.29) is 6.10 Å². The van der Waals surface area contributed by atoms with E-state index < -0.39 is 17.5 Å². The molecule has 2 fully saturated rings. The monoisotopic (exact) mass is 258 g/mol. The first-order valence-electron chi connectivity index (χ1n) is 6.38. The van der Waals surface area contributed by atoms with Crippen molar-refractivity contribution in [3.63, 3.8) is 0 Å². The zero-order valence-corrected chi connectivity index (χ0v) is 11.2. The molecule has 6 nitrogen and oxygen atoms in total. The van der Waals surface area contributed by atoms with Crippen LogP contribution in [0.1, 0.15) is 27.2 Å². The molecule has 1 amide bonds. The van der Waals surface area contributed by atoms with Crippen LogP contribution in [0.4, 0.5) is 4.79 Å². The van der Waals surface area contributed by atoms with Gasteiger partial charge in [-0.3, -0.25) is 0 Å². The van der Waals surface area contributed by atoms with Crippen LogP contribution in [0.15, 0.2) is 0 Å². The van der Waals surface area contributed by atoms with Crippen molar-refractivity contribution in [1.82, 2.24) is 10.6 Å². The molecule has 18 heavy (non-hydrogen) atoms. The van der Waals surface area contributed by atoms with Crippen molar-refractivity contribution in [1.29, 1.82) is 0 Å². The Labute approximate surface area is 107 Å². The molecule has 2 N–H and O–H groups in total. The van der Waals surface area contributed by atoms with Crippen LogP contribution in [0.5, 0.6) is 0 Å². The van der Waals surface area contributed by atoms with Crippen LogP contribution >= 0.6 is 0 Å². The predicted molar refractivity (Wildman–Crippen MR) is 65.3 cm³/mol. The highest BCUT2D eigenvalue weighted by atomic mass is 16.7. The van der Waals surface area contributed by atoms with Gasteiger partial charge in [-0.1, -0.05) is 0 Å². The van der Waals surface area contributed by atoms with Crippen LogP contribution < -0.4 is 10.6 Å². The molecule has 6 heteroatoms. The highest BCUT2D eigenvalue weighted by molar-refractivity contribution is 5.67. The fraction of sp³-hybridized carbons (Fsp3) is 0.917. The molecule has 2 aliphatic rings. The molecule has 0 aliphatic carbocycles. The minimum atomic E-state index is -0.478. The fourth-order valence-corrected chi connectivity index (χ4v) is 2.10. The minimum absolute atomic E-state index is 0.0996. The van der Waals surface area contributed by atoms with Gasteiger partial charge in [-0.25, -0.2) is 4.79 Å². The van der Waals surface area contributed by atoms with Crippen molar-refractivity contribution in [3.8, 4) is 0 Å². The van der Waals surface area contributed by atoms with E-state index in [0.29, 0.717) is 13.2 Å². The number of carbonyl (C=O) groups excluding carboxylic acids is 1. The average molecular weight is 258 g/mol.